The summed E-state index contributed by atoms with van der Waals surface area (Å²) >= 11 is 0. The van der Waals surface area contributed by atoms with Crippen LogP contribution in [0.15, 0.2) is 29.2 Å². The Kier molecular flexibility index (Phi) is 5.27. The molecule has 1 N–H and O–H groups in total. The smallest absolute Gasteiger partial charge is 0.245 e. The maximum absolute atomic E-state index is 12.9. The molecule has 0 saturated carbocycles. The first-order valence-electron chi connectivity index (χ1n) is 7.72. The van der Waals surface area contributed by atoms with Gasteiger partial charge in [0, 0.05) is 19.5 Å². The molecule has 0 radical (unpaired) electrons. The predicted molar refractivity (Wildman–Crippen MR) is 86.5 cm³/mol. The molecule has 6 nitrogen and oxygen atoms in total. The lowest BCUT2D eigenvalue weighted by Gasteiger charge is -2.41. The van der Waals surface area contributed by atoms with Gasteiger partial charge in [-0.05, 0) is 44.5 Å². The van der Waals surface area contributed by atoms with Crippen LogP contribution in [0, 0.1) is 5.82 Å². The second kappa shape index (κ2) is 6.88. The third-order valence-electron chi connectivity index (χ3n) is 4.13. The van der Waals surface area contributed by atoms with E-state index in [1.165, 1.54) is 17.0 Å². The van der Waals surface area contributed by atoms with E-state index >= 15 is 0 Å². The quantitative estimate of drug-likeness (QED) is 0.802. The Bertz CT molecular complexity index is 729. The lowest BCUT2D eigenvalue weighted by atomic mass is 9.98. The Morgan fingerprint density at radius 1 is 1.29 bits per heavy atom. The molecule has 1 aromatic carbocycles. The molecule has 24 heavy (non-hydrogen) atoms. The highest BCUT2D eigenvalue weighted by Gasteiger charge is 2.40. The standard InChI is InChI=1S/C16H21FN2O4S/c1-16(2)15(21)18-9-10-19(16)14(20)4-3-11-24(22,23)13-7-5-12(17)6-8-13/h5-8H,3-4,9-11H2,1-2H3,(H,18,21). The van der Waals surface area contributed by atoms with Crippen molar-refractivity contribution in [2.24, 2.45) is 0 Å². The van der Waals surface area contributed by atoms with Gasteiger partial charge in [0.1, 0.15) is 11.4 Å². The lowest BCUT2D eigenvalue weighted by Crippen LogP contribution is -2.63. The number of nitrogens with zero attached hydrogens (tertiary/aromatic N) is 1. The molecule has 1 aromatic rings. The number of benzene rings is 1. The van der Waals surface area contributed by atoms with Crippen LogP contribution in [0.3, 0.4) is 0 Å². The molecule has 1 fully saturated rings. The predicted octanol–water partition coefficient (Wildman–Crippen LogP) is 1.12. The number of nitrogens with one attached hydrogen (secondary N) is 1. The summed E-state index contributed by atoms with van der Waals surface area (Å²) in [5, 5.41) is 2.70. The Balaban J connectivity index is 1.95. The van der Waals surface area contributed by atoms with Crippen molar-refractivity contribution in [3.8, 4) is 0 Å². The summed E-state index contributed by atoms with van der Waals surface area (Å²) in [6, 6.07) is 4.61. The number of piperazine rings is 1. The molecule has 2 rings (SSSR count). The van der Waals surface area contributed by atoms with E-state index in [-0.39, 0.29) is 35.3 Å². The van der Waals surface area contributed by atoms with E-state index < -0.39 is 21.2 Å². The van der Waals surface area contributed by atoms with Gasteiger partial charge in [0.15, 0.2) is 9.84 Å². The molecule has 0 aromatic heterocycles. The lowest BCUT2D eigenvalue weighted by molar-refractivity contribution is -0.149. The van der Waals surface area contributed by atoms with Gasteiger partial charge in [-0.25, -0.2) is 12.8 Å². The summed E-state index contributed by atoms with van der Waals surface area (Å²) in [5.41, 5.74) is -0.939. The number of hydrogen-bond acceptors (Lipinski definition) is 4. The first-order chi connectivity index (χ1) is 11.1. The second-order valence-electron chi connectivity index (χ2n) is 6.24. The molecule has 132 valence electrons. The molecule has 1 heterocycles. The van der Waals surface area contributed by atoms with Crippen molar-refractivity contribution < 1.29 is 22.4 Å². The van der Waals surface area contributed by atoms with E-state index in [4.69, 9.17) is 0 Å². The fourth-order valence-electron chi connectivity index (χ4n) is 2.64. The van der Waals surface area contributed by atoms with Crippen LogP contribution in [0.2, 0.25) is 0 Å². The summed E-state index contributed by atoms with van der Waals surface area (Å²) in [4.78, 5) is 25.7. The molecule has 0 aliphatic carbocycles. The monoisotopic (exact) mass is 356 g/mol. The van der Waals surface area contributed by atoms with Gasteiger partial charge in [0.2, 0.25) is 11.8 Å². The van der Waals surface area contributed by atoms with Crippen LogP contribution >= 0.6 is 0 Å². The molecule has 1 aliphatic heterocycles. The molecule has 0 bridgehead atoms. The van der Waals surface area contributed by atoms with Gasteiger partial charge in [0.05, 0.1) is 10.6 Å². The zero-order valence-corrected chi connectivity index (χ0v) is 14.5. The van der Waals surface area contributed by atoms with Crippen molar-refractivity contribution in [1.82, 2.24) is 10.2 Å². The van der Waals surface area contributed by atoms with Crippen molar-refractivity contribution >= 4 is 21.7 Å². The summed E-state index contributed by atoms with van der Waals surface area (Å²) in [7, 11) is -3.56. The molecule has 1 aliphatic rings. The molecular formula is C16H21FN2O4S. The van der Waals surface area contributed by atoms with Crippen LogP contribution in [-0.4, -0.2) is 49.5 Å². The fourth-order valence-corrected chi connectivity index (χ4v) is 3.96. The average Bonchev–Trinajstić information content (AvgIpc) is 2.50. The number of halogens is 1. The molecule has 1 saturated heterocycles. The zero-order valence-electron chi connectivity index (χ0n) is 13.7. The zero-order chi connectivity index (χ0) is 18.0. The normalized spacial score (nSPS) is 17.5. The maximum atomic E-state index is 12.9. The summed E-state index contributed by atoms with van der Waals surface area (Å²) in [6.07, 6.45) is 0.184. The third-order valence-corrected chi connectivity index (χ3v) is 5.95. The van der Waals surface area contributed by atoms with Crippen molar-refractivity contribution in [1.29, 1.82) is 0 Å². The summed E-state index contributed by atoms with van der Waals surface area (Å²) < 4.78 is 37.2. The minimum absolute atomic E-state index is 0.0361. The van der Waals surface area contributed by atoms with E-state index in [1.54, 1.807) is 13.8 Å². The van der Waals surface area contributed by atoms with Crippen LogP contribution in [-0.2, 0) is 19.4 Å². The Labute approximate surface area is 140 Å². The number of rotatable bonds is 5. The van der Waals surface area contributed by atoms with Gasteiger partial charge in [-0.1, -0.05) is 0 Å². The Morgan fingerprint density at radius 3 is 2.54 bits per heavy atom. The number of carbonyl (C=O) groups excluding carboxylic acids is 2. The first kappa shape index (κ1) is 18.4. The van der Waals surface area contributed by atoms with E-state index in [0.29, 0.717) is 13.1 Å². The Hall–Kier alpha value is -1.96. The number of sulfone groups is 1. The van der Waals surface area contributed by atoms with E-state index in [0.717, 1.165) is 12.1 Å². The number of hydrogen-bond donors (Lipinski definition) is 1. The van der Waals surface area contributed by atoms with Gasteiger partial charge < -0.3 is 10.2 Å². The summed E-state index contributed by atoms with van der Waals surface area (Å²) in [6.45, 7) is 4.12. The Morgan fingerprint density at radius 2 is 1.92 bits per heavy atom. The average molecular weight is 356 g/mol. The van der Waals surface area contributed by atoms with Crippen molar-refractivity contribution in [2.75, 3.05) is 18.8 Å². The third kappa shape index (κ3) is 3.92. The SMILES string of the molecule is CC1(C)C(=O)NCCN1C(=O)CCCS(=O)(=O)c1ccc(F)cc1. The minimum atomic E-state index is -3.56. The van der Waals surface area contributed by atoms with Crippen LogP contribution in [0.1, 0.15) is 26.7 Å². The molecule has 2 amide bonds. The molecule has 8 heteroatoms. The molecule has 0 unspecified atom stereocenters. The van der Waals surface area contributed by atoms with Crippen molar-refractivity contribution in [3.63, 3.8) is 0 Å². The topological polar surface area (TPSA) is 83.6 Å². The first-order valence-corrected chi connectivity index (χ1v) is 9.37. The minimum Gasteiger partial charge on any atom is -0.352 e. The highest BCUT2D eigenvalue weighted by atomic mass is 32.2. The number of carbonyl (C=O) groups is 2. The van der Waals surface area contributed by atoms with Crippen molar-refractivity contribution in [3.05, 3.63) is 30.1 Å². The highest BCUT2D eigenvalue weighted by Crippen LogP contribution is 2.20. The van der Waals surface area contributed by atoms with Gasteiger partial charge in [-0.2, -0.15) is 0 Å². The number of amides is 2. The van der Waals surface area contributed by atoms with Crippen LogP contribution < -0.4 is 5.32 Å². The van der Waals surface area contributed by atoms with Crippen LogP contribution in [0.4, 0.5) is 4.39 Å². The second-order valence-corrected chi connectivity index (χ2v) is 8.35. The molecule has 0 spiro atoms. The highest BCUT2D eigenvalue weighted by molar-refractivity contribution is 7.91. The van der Waals surface area contributed by atoms with Gasteiger partial charge in [-0.3, -0.25) is 9.59 Å². The van der Waals surface area contributed by atoms with E-state index in [2.05, 4.69) is 5.32 Å². The van der Waals surface area contributed by atoms with Crippen LogP contribution in [0.5, 0.6) is 0 Å². The molecule has 0 atom stereocenters. The van der Waals surface area contributed by atoms with Crippen LogP contribution in [0.25, 0.3) is 0 Å². The molecular weight excluding hydrogens is 335 g/mol. The largest absolute Gasteiger partial charge is 0.352 e. The van der Waals surface area contributed by atoms with Gasteiger partial charge in [-0.15, -0.1) is 0 Å². The van der Waals surface area contributed by atoms with E-state index in [1.807, 2.05) is 0 Å². The van der Waals surface area contributed by atoms with Crippen molar-refractivity contribution in [2.45, 2.75) is 37.1 Å². The van der Waals surface area contributed by atoms with Gasteiger partial charge in [0.25, 0.3) is 0 Å². The van der Waals surface area contributed by atoms with E-state index in [9.17, 15) is 22.4 Å². The fraction of sp³-hybridized carbons (Fsp3) is 0.500. The summed E-state index contributed by atoms with van der Waals surface area (Å²) in [5.74, 6) is -1.18. The van der Waals surface area contributed by atoms with Gasteiger partial charge >= 0.3 is 0 Å². The maximum Gasteiger partial charge on any atom is 0.245 e.